The van der Waals surface area contributed by atoms with Gasteiger partial charge in [0.15, 0.2) is 0 Å². The first kappa shape index (κ1) is 26.0. The second-order valence-electron chi connectivity index (χ2n) is 9.70. The van der Waals surface area contributed by atoms with Crippen LogP contribution in [-0.4, -0.2) is 30.0 Å². The summed E-state index contributed by atoms with van der Waals surface area (Å²) < 4.78 is 11.6. The molecule has 0 spiro atoms. The summed E-state index contributed by atoms with van der Waals surface area (Å²) in [6.45, 7) is 10.9. The Hall–Kier alpha value is -4.06. The second kappa shape index (κ2) is 10.9. The Bertz CT molecular complexity index is 1340. The third-order valence-electron chi connectivity index (χ3n) is 6.26. The fourth-order valence-corrected chi connectivity index (χ4v) is 4.43. The Morgan fingerprint density at radius 1 is 0.973 bits per heavy atom. The lowest BCUT2D eigenvalue weighted by molar-refractivity contribution is -0.132. The molecule has 0 saturated carbocycles. The highest BCUT2D eigenvalue weighted by molar-refractivity contribution is 6.51. The predicted octanol–water partition coefficient (Wildman–Crippen LogP) is 6.36. The first-order chi connectivity index (χ1) is 17.7. The minimum atomic E-state index is -0.819. The molecule has 1 fully saturated rings. The molecule has 3 aromatic carbocycles. The lowest BCUT2D eigenvalue weighted by Crippen LogP contribution is -2.29. The number of benzene rings is 3. The summed E-state index contributed by atoms with van der Waals surface area (Å²) in [5.41, 5.74) is 3.59. The van der Waals surface area contributed by atoms with Crippen LogP contribution in [0.1, 0.15) is 49.1 Å². The molecule has 37 heavy (non-hydrogen) atoms. The van der Waals surface area contributed by atoms with Crippen LogP contribution in [-0.2, 0) is 9.59 Å². The van der Waals surface area contributed by atoms with Crippen LogP contribution in [0.15, 0.2) is 72.3 Å². The van der Waals surface area contributed by atoms with Crippen LogP contribution in [0.3, 0.4) is 0 Å². The average Bonchev–Trinajstić information content (AvgIpc) is 3.14. The van der Waals surface area contributed by atoms with Crippen LogP contribution in [0.2, 0.25) is 0 Å². The highest BCUT2D eigenvalue weighted by Gasteiger charge is 2.47. The average molecular weight is 500 g/mol. The zero-order chi connectivity index (χ0) is 26.7. The van der Waals surface area contributed by atoms with Crippen LogP contribution in [0.5, 0.6) is 11.5 Å². The summed E-state index contributed by atoms with van der Waals surface area (Å²) in [6, 6.07) is 19.1. The van der Waals surface area contributed by atoms with E-state index >= 15 is 0 Å². The molecule has 0 aromatic heterocycles. The zero-order valence-electron chi connectivity index (χ0n) is 21.9. The summed E-state index contributed by atoms with van der Waals surface area (Å²) in [5.74, 6) is 0.0628. The maximum atomic E-state index is 13.4. The van der Waals surface area contributed by atoms with Crippen molar-refractivity contribution in [1.29, 1.82) is 0 Å². The molecule has 192 valence electrons. The van der Waals surface area contributed by atoms with Gasteiger partial charge in [0, 0.05) is 11.3 Å². The molecule has 0 bridgehead atoms. The highest BCUT2D eigenvalue weighted by Crippen LogP contribution is 2.43. The predicted molar refractivity (Wildman–Crippen MR) is 145 cm³/mol. The Kier molecular flexibility index (Phi) is 7.67. The van der Waals surface area contributed by atoms with E-state index in [4.69, 9.17) is 9.47 Å². The largest absolute Gasteiger partial charge is 0.507 e. The molecule has 1 aliphatic rings. The molecule has 0 aliphatic carbocycles. The first-order valence-electron chi connectivity index (χ1n) is 12.6. The van der Waals surface area contributed by atoms with E-state index in [0.29, 0.717) is 47.4 Å². The molecular weight excluding hydrogens is 466 g/mol. The van der Waals surface area contributed by atoms with Crippen molar-refractivity contribution >= 4 is 23.1 Å². The minimum absolute atomic E-state index is 0.0365. The van der Waals surface area contributed by atoms with Gasteiger partial charge in [0.1, 0.15) is 17.3 Å². The van der Waals surface area contributed by atoms with Crippen molar-refractivity contribution in [2.75, 3.05) is 18.1 Å². The van der Waals surface area contributed by atoms with E-state index in [1.807, 2.05) is 69.3 Å². The smallest absolute Gasteiger partial charge is 0.300 e. The van der Waals surface area contributed by atoms with Gasteiger partial charge in [-0.1, -0.05) is 43.7 Å². The number of Topliss-reactive ketones (excluding diaryl/α,β-unsaturated/α-hetero) is 1. The van der Waals surface area contributed by atoms with Crippen molar-refractivity contribution in [2.45, 2.75) is 40.7 Å². The molecule has 6 nitrogen and oxygen atoms in total. The molecule has 1 unspecified atom stereocenters. The van der Waals surface area contributed by atoms with Gasteiger partial charge in [-0.15, -0.1) is 0 Å². The number of amides is 1. The molecule has 1 atom stereocenters. The Morgan fingerprint density at radius 3 is 2.35 bits per heavy atom. The number of hydrogen-bond donors (Lipinski definition) is 1. The van der Waals surface area contributed by atoms with Crippen molar-refractivity contribution in [3.63, 3.8) is 0 Å². The molecule has 1 amide bonds. The third-order valence-corrected chi connectivity index (χ3v) is 6.26. The number of rotatable bonds is 8. The number of aliphatic hydroxyl groups is 1. The van der Waals surface area contributed by atoms with Gasteiger partial charge in [-0.05, 0) is 80.3 Å². The van der Waals surface area contributed by atoms with Gasteiger partial charge in [0.2, 0.25) is 0 Å². The number of carbonyl (C=O) groups excluding carboxylic acids is 2. The molecule has 0 radical (unpaired) electrons. The van der Waals surface area contributed by atoms with Gasteiger partial charge in [-0.2, -0.15) is 0 Å². The number of aliphatic hydroxyl groups excluding tert-OH is 1. The maximum Gasteiger partial charge on any atom is 0.300 e. The molecule has 4 rings (SSSR count). The molecule has 6 heteroatoms. The fraction of sp³-hybridized carbons (Fsp3) is 0.290. The van der Waals surface area contributed by atoms with Crippen LogP contribution in [0, 0.1) is 19.8 Å². The van der Waals surface area contributed by atoms with Gasteiger partial charge >= 0.3 is 0 Å². The fourth-order valence-electron chi connectivity index (χ4n) is 4.43. The Morgan fingerprint density at radius 2 is 1.70 bits per heavy atom. The van der Waals surface area contributed by atoms with Gasteiger partial charge in [-0.25, -0.2) is 0 Å². The van der Waals surface area contributed by atoms with Crippen molar-refractivity contribution in [2.24, 2.45) is 5.92 Å². The standard InChI is InChI=1S/C31H33NO5/c1-6-36-25-9-7-8-22(17-25)28-27(30(34)31(35)32(28)24-13-10-20(4)11-14-24)29(33)23-12-15-26(21(5)16-23)37-18-19(2)3/h7-17,19,28,33H,6,18H2,1-5H3/b29-27+. The van der Waals surface area contributed by atoms with E-state index in [-0.39, 0.29) is 11.3 Å². The van der Waals surface area contributed by atoms with E-state index in [2.05, 4.69) is 13.8 Å². The minimum Gasteiger partial charge on any atom is -0.507 e. The van der Waals surface area contributed by atoms with Crippen LogP contribution in [0.4, 0.5) is 5.69 Å². The monoisotopic (exact) mass is 499 g/mol. The van der Waals surface area contributed by atoms with Crippen LogP contribution < -0.4 is 14.4 Å². The number of nitrogens with zero attached hydrogens (tertiary/aromatic N) is 1. The third kappa shape index (κ3) is 5.38. The summed E-state index contributed by atoms with van der Waals surface area (Å²) in [6.07, 6.45) is 0. The van der Waals surface area contributed by atoms with E-state index in [0.717, 1.165) is 11.1 Å². The lowest BCUT2D eigenvalue weighted by Gasteiger charge is -2.26. The van der Waals surface area contributed by atoms with Crippen LogP contribution >= 0.6 is 0 Å². The van der Waals surface area contributed by atoms with E-state index in [9.17, 15) is 14.7 Å². The van der Waals surface area contributed by atoms with E-state index in [1.54, 1.807) is 18.2 Å². The summed E-state index contributed by atoms with van der Waals surface area (Å²) in [5, 5.41) is 11.5. The second-order valence-corrected chi connectivity index (χ2v) is 9.70. The topological polar surface area (TPSA) is 76.1 Å². The highest BCUT2D eigenvalue weighted by atomic mass is 16.5. The van der Waals surface area contributed by atoms with Gasteiger partial charge in [0.25, 0.3) is 11.7 Å². The number of hydrogen-bond acceptors (Lipinski definition) is 5. The normalized spacial score (nSPS) is 16.9. The molecule has 1 N–H and O–H groups in total. The SMILES string of the molecule is CCOc1cccc(C2/C(=C(\O)c3ccc(OCC(C)C)c(C)c3)C(=O)C(=O)N2c2ccc(C)cc2)c1. The maximum absolute atomic E-state index is 13.4. The van der Waals surface area contributed by atoms with Crippen molar-refractivity contribution in [3.05, 3.63) is 94.6 Å². The Labute approximate surface area is 218 Å². The van der Waals surface area contributed by atoms with E-state index in [1.165, 1.54) is 4.90 Å². The summed E-state index contributed by atoms with van der Waals surface area (Å²) >= 11 is 0. The van der Waals surface area contributed by atoms with Crippen molar-refractivity contribution < 1.29 is 24.2 Å². The molecule has 1 aliphatic heterocycles. The number of aryl methyl sites for hydroxylation is 2. The van der Waals surface area contributed by atoms with Crippen molar-refractivity contribution in [1.82, 2.24) is 0 Å². The first-order valence-corrected chi connectivity index (χ1v) is 12.6. The summed E-state index contributed by atoms with van der Waals surface area (Å²) in [7, 11) is 0. The van der Waals surface area contributed by atoms with E-state index < -0.39 is 17.7 Å². The molecule has 1 saturated heterocycles. The quantitative estimate of drug-likeness (QED) is 0.222. The zero-order valence-corrected chi connectivity index (χ0v) is 21.9. The Balaban J connectivity index is 1.86. The van der Waals surface area contributed by atoms with Gasteiger partial charge < -0.3 is 14.6 Å². The molecule has 1 heterocycles. The number of ether oxygens (including phenoxy) is 2. The molecule has 3 aromatic rings. The number of carbonyl (C=O) groups is 2. The number of anilines is 1. The van der Waals surface area contributed by atoms with Gasteiger partial charge in [-0.3, -0.25) is 14.5 Å². The van der Waals surface area contributed by atoms with Crippen LogP contribution in [0.25, 0.3) is 5.76 Å². The van der Waals surface area contributed by atoms with Crippen molar-refractivity contribution in [3.8, 4) is 11.5 Å². The summed E-state index contributed by atoms with van der Waals surface area (Å²) in [4.78, 5) is 28.3. The number of ketones is 1. The molecular formula is C31H33NO5. The lowest BCUT2D eigenvalue weighted by atomic mass is 9.94. The van der Waals surface area contributed by atoms with Gasteiger partial charge in [0.05, 0.1) is 24.8 Å².